The van der Waals surface area contributed by atoms with E-state index >= 15 is 0 Å². The van der Waals surface area contributed by atoms with Crippen molar-refractivity contribution in [3.63, 3.8) is 0 Å². The SMILES string of the molecule is CC(NC(=O)c1cccnc1Cl)C1CCCC1. The molecule has 1 aromatic rings. The van der Waals surface area contributed by atoms with Crippen LogP contribution in [0.4, 0.5) is 0 Å². The molecule has 0 aromatic carbocycles. The molecule has 1 fully saturated rings. The van der Waals surface area contributed by atoms with Crippen molar-refractivity contribution in [1.29, 1.82) is 0 Å². The molecule has 4 heteroatoms. The zero-order chi connectivity index (χ0) is 12.3. The first-order chi connectivity index (χ1) is 8.18. The fourth-order valence-electron chi connectivity index (χ4n) is 2.42. The van der Waals surface area contributed by atoms with E-state index in [9.17, 15) is 4.79 Å². The minimum absolute atomic E-state index is 0.123. The summed E-state index contributed by atoms with van der Waals surface area (Å²) in [5.41, 5.74) is 0.457. The molecule has 1 saturated carbocycles. The quantitative estimate of drug-likeness (QED) is 0.841. The van der Waals surface area contributed by atoms with Gasteiger partial charge in [0.05, 0.1) is 5.56 Å². The van der Waals surface area contributed by atoms with E-state index in [0.717, 1.165) is 0 Å². The van der Waals surface area contributed by atoms with E-state index in [1.54, 1.807) is 18.3 Å². The van der Waals surface area contributed by atoms with Gasteiger partial charge in [-0.25, -0.2) is 4.98 Å². The Kier molecular flexibility index (Phi) is 4.00. The molecule has 1 aliphatic rings. The maximum absolute atomic E-state index is 12.0. The number of rotatable bonds is 3. The standard InChI is InChI=1S/C13H17ClN2O/c1-9(10-5-2-3-6-10)16-13(17)11-7-4-8-15-12(11)14/h4,7-10H,2-3,5-6H2,1H3,(H,16,17). The van der Waals surface area contributed by atoms with Gasteiger partial charge in [0.1, 0.15) is 5.15 Å². The molecule has 92 valence electrons. The van der Waals surface area contributed by atoms with E-state index in [1.807, 2.05) is 0 Å². The van der Waals surface area contributed by atoms with Crippen molar-refractivity contribution >= 4 is 17.5 Å². The zero-order valence-corrected chi connectivity index (χ0v) is 10.7. The summed E-state index contributed by atoms with van der Waals surface area (Å²) in [4.78, 5) is 15.9. The first kappa shape index (κ1) is 12.4. The summed E-state index contributed by atoms with van der Waals surface area (Å²) >= 11 is 5.89. The van der Waals surface area contributed by atoms with E-state index in [-0.39, 0.29) is 17.1 Å². The molecule has 3 nitrogen and oxygen atoms in total. The normalized spacial score (nSPS) is 18.0. The molecule has 0 radical (unpaired) electrons. The molecular formula is C13H17ClN2O. The van der Waals surface area contributed by atoms with Crippen LogP contribution in [0.15, 0.2) is 18.3 Å². The lowest BCUT2D eigenvalue weighted by atomic mass is 9.99. The average molecular weight is 253 g/mol. The molecule has 1 amide bonds. The van der Waals surface area contributed by atoms with Crippen molar-refractivity contribution in [2.45, 2.75) is 38.6 Å². The Morgan fingerprint density at radius 1 is 1.53 bits per heavy atom. The Morgan fingerprint density at radius 3 is 2.88 bits per heavy atom. The molecule has 0 bridgehead atoms. The van der Waals surface area contributed by atoms with Crippen molar-refractivity contribution in [1.82, 2.24) is 10.3 Å². The molecule has 1 unspecified atom stereocenters. The summed E-state index contributed by atoms with van der Waals surface area (Å²) < 4.78 is 0. The molecule has 2 rings (SSSR count). The number of carbonyl (C=O) groups excluding carboxylic acids is 1. The summed E-state index contributed by atoms with van der Waals surface area (Å²) in [6, 6.07) is 3.63. The summed E-state index contributed by atoms with van der Waals surface area (Å²) in [6.45, 7) is 2.07. The number of hydrogen-bond acceptors (Lipinski definition) is 2. The molecule has 1 heterocycles. The van der Waals surface area contributed by atoms with Gasteiger partial charge in [0.25, 0.3) is 5.91 Å². The Morgan fingerprint density at radius 2 is 2.24 bits per heavy atom. The van der Waals surface area contributed by atoms with Crippen LogP contribution in [0, 0.1) is 5.92 Å². The number of carbonyl (C=O) groups is 1. The smallest absolute Gasteiger partial charge is 0.254 e. The third kappa shape index (κ3) is 2.97. The summed E-state index contributed by atoms with van der Waals surface area (Å²) in [5.74, 6) is 0.483. The molecule has 1 N–H and O–H groups in total. The van der Waals surface area contributed by atoms with E-state index in [2.05, 4.69) is 17.2 Å². The first-order valence-electron chi connectivity index (χ1n) is 6.10. The van der Waals surface area contributed by atoms with Crippen LogP contribution >= 0.6 is 11.6 Å². The lowest BCUT2D eigenvalue weighted by Gasteiger charge is -2.20. The molecule has 1 aromatic heterocycles. The lowest BCUT2D eigenvalue weighted by molar-refractivity contribution is 0.0927. The monoisotopic (exact) mass is 252 g/mol. The van der Waals surface area contributed by atoms with Crippen molar-refractivity contribution < 1.29 is 4.79 Å². The minimum Gasteiger partial charge on any atom is -0.349 e. The van der Waals surface area contributed by atoms with Gasteiger partial charge in [0, 0.05) is 12.2 Å². The largest absolute Gasteiger partial charge is 0.349 e. The van der Waals surface area contributed by atoms with Gasteiger partial charge in [0.2, 0.25) is 0 Å². The van der Waals surface area contributed by atoms with Gasteiger partial charge >= 0.3 is 0 Å². The summed E-state index contributed by atoms with van der Waals surface area (Å²) in [5, 5.41) is 3.28. The second kappa shape index (κ2) is 5.50. The molecule has 0 aliphatic heterocycles. The number of hydrogen-bond donors (Lipinski definition) is 1. The number of nitrogens with zero attached hydrogens (tertiary/aromatic N) is 1. The van der Waals surface area contributed by atoms with Crippen LogP contribution in [-0.4, -0.2) is 16.9 Å². The lowest BCUT2D eigenvalue weighted by Crippen LogP contribution is -2.37. The second-order valence-electron chi connectivity index (χ2n) is 4.65. The van der Waals surface area contributed by atoms with Gasteiger partial charge in [0.15, 0.2) is 0 Å². The van der Waals surface area contributed by atoms with Crippen molar-refractivity contribution in [2.75, 3.05) is 0 Å². The highest BCUT2D eigenvalue weighted by Gasteiger charge is 2.23. The third-order valence-corrected chi connectivity index (χ3v) is 3.77. The topological polar surface area (TPSA) is 42.0 Å². The first-order valence-corrected chi connectivity index (χ1v) is 6.47. The van der Waals surface area contributed by atoms with Crippen LogP contribution < -0.4 is 5.32 Å². The molecule has 17 heavy (non-hydrogen) atoms. The molecule has 1 aliphatic carbocycles. The van der Waals surface area contributed by atoms with Crippen LogP contribution in [-0.2, 0) is 0 Å². The molecule has 1 atom stereocenters. The predicted molar refractivity (Wildman–Crippen MR) is 68.1 cm³/mol. The van der Waals surface area contributed by atoms with E-state index in [4.69, 9.17) is 11.6 Å². The van der Waals surface area contributed by atoms with Crippen LogP contribution in [0.3, 0.4) is 0 Å². The Hall–Kier alpha value is -1.09. The Labute approximate surface area is 107 Å². The minimum atomic E-state index is -0.123. The van der Waals surface area contributed by atoms with Crippen LogP contribution in [0.2, 0.25) is 5.15 Å². The van der Waals surface area contributed by atoms with Crippen molar-refractivity contribution in [3.8, 4) is 0 Å². The predicted octanol–water partition coefficient (Wildman–Crippen LogP) is 3.04. The van der Waals surface area contributed by atoms with Crippen molar-refractivity contribution in [3.05, 3.63) is 29.0 Å². The number of pyridine rings is 1. The van der Waals surface area contributed by atoms with E-state index in [0.29, 0.717) is 11.5 Å². The highest BCUT2D eigenvalue weighted by Crippen LogP contribution is 2.27. The van der Waals surface area contributed by atoms with E-state index in [1.165, 1.54) is 25.7 Å². The van der Waals surface area contributed by atoms with Crippen LogP contribution in [0.25, 0.3) is 0 Å². The van der Waals surface area contributed by atoms with Gasteiger partial charge in [-0.2, -0.15) is 0 Å². The zero-order valence-electron chi connectivity index (χ0n) is 9.95. The Balaban J connectivity index is 1.99. The molecular weight excluding hydrogens is 236 g/mol. The number of aromatic nitrogens is 1. The highest BCUT2D eigenvalue weighted by atomic mass is 35.5. The summed E-state index contributed by atoms with van der Waals surface area (Å²) in [6.07, 6.45) is 6.56. The van der Waals surface area contributed by atoms with Crippen LogP contribution in [0.1, 0.15) is 43.0 Å². The van der Waals surface area contributed by atoms with E-state index < -0.39 is 0 Å². The van der Waals surface area contributed by atoms with Gasteiger partial charge < -0.3 is 5.32 Å². The average Bonchev–Trinajstić information content (AvgIpc) is 2.82. The van der Waals surface area contributed by atoms with Gasteiger partial charge in [-0.15, -0.1) is 0 Å². The summed E-state index contributed by atoms with van der Waals surface area (Å²) in [7, 11) is 0. The number of nitrogens with one attached hydrogen (secondary N) is 1. The van der Waals surface area contributed by atoms with Gasteiger partial charge in [-0.1, -0.05) is 24.4 Å². The maximum atomic E-state index is 12.0. The third-order valence-electron chi connectivity index (χ3n) is 3.47. The fourth-order valence-corrected chi connectivity index (χ4v) is 2.62. The highest BCUT2D eigenvalue weighted by molar-refractivity contribution is 6.32. The molecule has 0 saturated heterocycles. The number of amides is 1. The van der Waals surface area contributed by atoms with Crippen molar-refractivity contribution in [2.24, 2.45) is 5.92 Å². The fraction of sp³-hybridized carbons (Fsp3) is 0.538. The molecule has 0 spiro atoms. The van der Waals surface area contributed by atoms with Gasteiger partial charge in [-0.05, 0) is 37.8 Å². The van der Waals surface area contributed by atoms with Gasteiger partial charge in [-0.3, -0.25) is 4.79 Å². The maximum Gasteiger partial charge on any atom is 0.254 e. The Bertz CT molecular complexity index is 402. The number of halogens is 1. The van der Waals surface area contributed by atoms with Crippen LogP contribution in [0.5, 0.6) is 0 Å². The second-order valence-corrected chi connectivity index (χ2v) is 5.01.